The Hall–Kier alpha value is -0.940. The van der Waals surface area contributed by atoms with Crippen LogP contribution in [0.3, 0.4) is 0 Å². The number of nitrogens with one attached hydrogen (secondary N) is 1. The van der Waals surface area contributed by atoms with E-state index in [-0.39, 0.29) is 0 Å². The Labute approximate surface area is 104 Å². The van der Waals surface area contributed by atoms with Crippen LogP contribution in [-0.4, -0.2) is 40.6 Å². The lowest BCUT2D eigenvalue weighted by Gasteiger charge is -2.17. The fourth-order valence-electron chi connectivity index (χ4n) is 1.63. The number of aryl methyl sites for hydroxylation is 1. The summed E-state index contributed by atoms with van der Waals surface area (Å²) in [6.07, 6.45) is 4.65. The molecule has 0 fully saturated rings. The third kappa shape index (κ3) is 5.28. The van der Waals surface area contributed by atoms with Gasteiger partial charge >= 0.3 is 0 Å². The molecule has 0 aliphatic rings. The molecule has 1 heterocycles. The van der Waals surface area contributed by atoms with Gasteiger partial charge in [-0.2, -0.15) is 5.10 Å². The summed E-state index contributed by atoms with van der Waals surface area (Å²) in [7, 11) is 1.92. The van der Waals surface area contributed by atoms with E-state index < -0.39 is 0 Å². The highest BCUT2D eigenvalue weighted by molar-refractivity contribution is 4.89. The highest BCUT2D eigenvalue weighted by Gasteiger charge is 2.12. The molecule has 0 aliphatic carbocycles. The van der Waals surface area contributed by atoms with Crippen LogP contribution >= 0.6 is 0 Å². The lowest BCUT2D eigenvalue weighted by molar-refractivity contribution is 0.111. The van der Waals surface area contributed by atoms with E-state index in [1.54, 1.807) is 6.33 Å². The molecule has 17 heavy (non-hydrogen) atoms. The predicted octanol–water partition coefficient (Wildman–Crippen LogP) is 1.15. The maximum absolute atomic E-state index is 5.61. The van der Waals surface area contributed by atoms with Gasteiger partial charge in [0.2, 0.25) is 0 Å². The Morgan fingerprint density at radius 3 is 2.82 bits per heavy atom. The molecule has 5 nitrogen and oxygen atoms in total. The van der Waals surface area contributed by atoms with E-state index >= 15 is 0 Å². The summed E-state index contributed by atoms with van der Waals surface area (Å²) in [6.45, 7) is 6.86. The van der Waals surface area contributed by atoms with Crippen LogP contribution < -0.4 is 5.32 Å². The highest BCUT2D eigenvalue weighted by Crippen LogP contribution is 1.99. The lowest BCUT2D eigenvalue weighted by atomic mass is 10.2. The van der Waals surface area contributed by atoms with Gasteiger partial charge in [-0.15, -0.1) is 0 Å². The van der Waals surface area contributed by atoms with E-state index in [1.165, 1.54) is 0 Å². The molecule has 0 aliphatic heterocycles. The van der Waals surface area contributed by atoms with Gasteiger partial charge in [0.05, 0.1) is 6.61 Å². The van der Waals surface area contributed by atoms with Crippen LogP contribution in [0.4, 0.5) is 0 Å². The first-order valence-electron chi connectivity index (χ1n) is 6.41. The minimum absolute atomic E-state index is 0.324. The SMILES string of the molecule is CCCNC(COCCC)Cc1ncnn1C. The predicted molar refractivity (Wildman–Crippen MR) is 67.9 cm³/mol. The minimum Gasteiger partial charge on any atom is -0.380 e. The van der Waals surface area contributed by atoms with Crippen molar-refractivity contribution in [2.24, 2.45) is 7.05 Å². The Morgan fingerprint density at radius 1 is 1.41 bits per heavy atom. The Kier molecular flexibility index (Phi) is 6.81. The molecule has 1 atom stereocenters. The summed E-state index contributed by atoms with van der Waals surface area (Å²) < 4.78 is 7.43. The molecule has 1 N–H and O–H groups in total. The zero-order valence-corrected chi connectivity index (χ0v) is 11.1. The van der Waals surface area contributed by atoms with Gasteiger partial charge in [-0.25, -0.2) is 4.98 Å². The standard InChI is InChI=1S/C12H24N4O/c1-4-6-13-11(9-17-7-5-2)8-12-14-10-15-16(12)3/h10-11,13H,4-9H2,1-3H3. The second kappa shape index (κ2) is 8.20. The van der Waals surface area contributed by atoms with Crippen LogP contribution in [0, 0.1) is 0 Å². The molecule has 1 aromatic rings. The van der Waals surface area contributed by atoms with E-state index in [2.05, 4.69) is 29.2 Å². The van der Waals surface area contributed by atoms with Crippen LogP contribution in [0.15, 0.2) is 6.33 Å². The number of hydrogen-bond acceptors (Lipinski definition) is 4. The number of rotatable bonds is 9. The highest BCUT2D eigenvalue weighted by atomic mass is 16.5. The van der Waals surface area contributed by atoms with E-state index in [9.17, 15) is 0 Å². The molecule has 5 heteroatoms. The molecule has 0 aromatic carbocycles. The number of ether oxygens (including phenoxy) is 1. The molecule has 98 valence electrons. The van der Waals surface area contributed by atoms with Crippen LogP contribution in [0.2, 0.25) is 0 Å². The van der Waals surface area contributed by atoms with E-state index in [4.69, 9.17) is 4.74 Å². The van der Waals surface area contributed by atoms with Crippen molar-refractivity contribution in [1.29, 1.82) is 0 Å². The summed E-state index contributed by atoms with van der Waals surface area (Å²) >= 11 is 0. The molecular weight excluding hydrogens is 216 g/mol. The summed E-state index contributed by atoms with van der Waals surface area (Å²) in [4.78, 5) is 4.25. The molecule has 0 radical (unpaired) electrons. The van der Waals surface area contributed by atoms with Crippen molar-refractivity contribution in [3.8, 4) is 0 Å². The van der Waals surface area contributed by atoms with Crippen molar-refractivity contribution < 1.29 is 4.74 Å². The van der Waals surface area contributed by atoms with Gasteiger partial charge in [-0.1, -0.05) is 13.8 Å². The zero-order valence-electron chi connectivity index (χ0n) is 11.1. The smallest absolute Gasteiger partial charge is 0.138 e. The third-order valence-electron chi connectivity index (χ3n) is 2.58. The summed E-state index contributed by atoms with van der Waals surface area (Å²) in [5.41, 5.74) is 0. The second-order valence-corrected chi connectivity index (χ2v) is 4.23. The number of nitrogens with zero attached hydrogens (tertiary/aromatic N) is 3. The molecular formula is C12H24N4O. The molecule has 0 saturated carbocycles. The Balaban J connectivity index is 2.42. The van der Waals surface area contributed by atoms with Crippen molar-refractivity contribution in [2.45, 2.75) is 39.2 Å². The average Bonchev–Trinajstić information content (AvgIpc) is 2.72. The lowest BCUT2D eigenvalue weighted by Crippen LogP contribution is -2.36. The molecule has 1 rings (SSSR count). The molecule has 1 aromatic heterocycles. The van der Waals surface area contributed by atoms with Crippen molar-refractivity contribution in [3.63, 3.8) is 0 Å². The minimum atomic E-state index is 0.324. The molecule has 0 saturated heterocycles. The maximum Gasteiger partial charge on any atom is 0.138 e. The van der Waals surface area contributed by atoms with Gasteiger partial charge in [0.25, 0.3) is 0 Å². The van der Waals surface area contributed by atoms with Crippen LogP contribution in [0.5, 0.6) is 0 Å². The van der Waals surface area contributed by atoms with Gasteiger partial charge in [0.15, 0.2) is 0 Å². The van der Waals surface area contributed by atoms with E-state index in [1.807, 2.05) is 11.7 Å². The van der Waals surface area contributed by atoms with Crippen molar-refractivity contribution >= 4 is 0 Å². The van der Waals surface area contributed by atoms with Crippen molar-refractivity contribution in [1.82, 2.24) is 20.1 Å². The number of hydrogen-bond donors (Lipinski definition) is 1. The van der Waals surface area contributed by atoms with Gasteiger partial charge in [0, 0.05) is 26.1 Å². The summed E-state index contributed by atoms with van der Waals surface area (Å²) in [5, 5.41) is 7.57. The Bertz CT molecular complexity index is 300. The first-order chi connectivity index (χ1) is 8.27. The van der Waals surface area contributed by atoms with Gasteiger partial charge in [-0.3, -0.25) is 4.68 Å². The fourth-order valence-corrected chi connectivity index (χ4v) is 1.63. The normalized spacial score (nSPS) is 12.9. The van der Waals surface area contributed by atoms with Gasteiger partial charge in [-0.05, 0) is 19.4 Å². The average molecular weight is 240 g/mol. The van der Waals surface area contributed by atoms with Crippen LogP contribution in [0.25, 0.3) is 0 Å². The van der Waals surface area contributed by atoms with Crippen molar-refractivity contribution in [3.05, 3.63) is 12.2 Å². The second-order valence-electron chi connectivity index (χ2n) is 4.23. The monoisotopic (exact) mass is 240 g/mol. The van der Waals surface area contributed by atoms with E-state index in [0.717, 1.165) is 44.8 Å². The molecule has 0 bridgehead atoms. The van der Waals surface area contributed by atoms with Crippen LogP contribution in [0.1, 0.15) is 32.5 Å². The summed E-state index contributed by atoms with van der Waals surface area (Å²) in [5.74, 6) is 0.999. The van der Waals surface area contributed by atoms with Gasteiger partial charge < -0.3 is 10.1 Å². The van der Waals surface area contributed by atoms with Gasteiger partial charge in [0.1, 0.15) is 12.2 Å². The quantitative estimate of drug-likeness (QED) is 0.658. The van der Waals surface area contributed by atoms with Crippen molar-refractivity contribution in [2.75, 3.05) is 19.8 Å². The fraction of sp³-hybridized carbons (Fsp3) is 0.833. The topological polar surface area (TPSA) is 52.0 Å². The maximum atomic E-state index is 5.61. The first kappa shape index (κ1) is 14.1. The molecule has 0 amide bonds. The molecule has 0 spiro atoms. The Morgan fingerprint density at radius 2 is 2.24 bits per heavy atom. The summed E-state index contributed by atoms with van der Waals surface area (Å²) in [6, 6.07) is 0.324. The van der Waals surface area contributed by atoms with Crippen LogP contribution in [-0.2, 0) is 18.2 Å². The first-order valence-corrected chi connectivity index (χ1v) is 6.41. The van der Waals surface area contributed by atoms with E-state index in [0.29, 0.717) is 6.04 Å². The zero-order chi connectivity index (χ0) is 12.5. The molecule has 1 unspecified atom stereocenters. The third-order valence-corrected chi connectivity index (χ3v) is 2.58. The number of aromatic nitrogens is 3. The largest absolute Gasteiger partial charge is 0.380 e.